The van der Waals surface area contributed by atoms with Gasteiger partial charge in [0, 0.05) is 77.5 Å². The number of anilines is 1. The number of aliphatic hydroxyl groups excluding tert-OH is 1. The third-order valence-corrected chi connectivity index (χ3v) is 8.39. The van der Waals surface area contributed by atoms with Crippen LogP contribution in [-0.2, 0) is 22.5 Å². The van der Waals surface area contributed by atoms with Gasteiger partial charge in [-0.1, -0.05) is 70.8 Å². The highest BCUT2D eigenvalue weighted by atomic mass is 35.5. The summed E-state index contributed by atoms with van der Waals surface area (Å²) in [5.41, 5.74) is 17.6. The van der Waals surface area contributed by atoms with Crippen LogP contribution in [0.2, 0.25) is 10.0 Å². The largest absolute Gasteiger partial charge is 0.494 e. The summed E-state index contributed by atoms with van der Waals surface area (Å²) in [4.78, 5) is 24.5. The van der Waals surface area contributed by atoms with Gasteiger partial charge in [0.2, 0.25) is 5.90 Å². The Morgan fingerprint density at radius 2 is 1.83 bits per heavy atom. The van der Waals surface area contributed by atoms with Crippen molar-refractivity contribution in [3.05, 3.63) is 134 Å². The van der Waals surface area contributed by atoms with E-state index < -0.39 is 17.6 Å². The molecule has 1 aliphatic rings. The summed E-state index contributed by atoms with van der Waals surface area (Å²) in [7, 11) is 3.94. The Balaban J connectivity index is 1.55. The molecule has 2 atom stereocenters. The fourth-order valence-electron chi connectivity index (χ4n) is 5.32. The number of carbonyl (C=O) groups is 1. The van der Waals surface area contributed by atoms with Gasteiger partial charge in [0.05, 0.1) is 6.61 Å². The molecule has 48 heavy (non-hydrogen) atoms. The molecule has 4 aromatic carbocycles. The van der Waals surface area contributed by atoms with Crippen molar-refractivity contribution in [1.29, 1.82) is 0 Å². The first-order valence-corrected chi connectivity index (χ1v) is 16.0. The highest BCUT2D eigenvalue weighted by Crippen LogP contribution is 2.46. The molecule has 1 heterocycles. The van der Waals surface area contributed by atoms with E-state index in [1.54, 1.807) is 66.7 Å². The van der Waals surface area contributed by atoms with Crippen LogP contribution in [0.4, 0.5) is 11.4 Å². The maximum absolute atomic E-state index is 14.5. The molecule has 0 aromatic heterocycles. The number of rotatable bonds is 14. The number of amides is 1. The van der Waals surface area contributed by atoms with E-state index in [2.05, 4.69) is 20.9 Å². The number of ether oxygens (including phenoxy) is 2. The lowest BCUT2D eigenvalue weighted by Gasteiger charge is -2.31. The molecular weight excluding hydrogens is 653 g/mol. The molecule has 13 heteroatoms. The van der Waals surface area contributed by atoms with Crippen LogP contribution in [0, 0.1) is 0 Å². The van der Waals surface area contributed by atoms with Crippen LogP contribution < -0.4 is 20.5 Å². The molecule has 4 aromatic rings. The van der Waals surface area contributed by atoms with Gasteiger partial charge in [-0.15, -0.1) is 0 Å². The number of azide groups is 1. The fourth-order valence-corrected chi connectivity index (χ4v) is 5.82. The van der Waals surface area contributed by atoms with Gasteiger partial charge >= 0.3 is 0 Å². The minimum absolute atomic E-state index is 0.00269. The lowest BCUT2D eigenvalue weighted by atomic mass is 9.81. The first-order valence-electron chi connectivity index (χ1n) is 15.2. The van der Waals surface area contributed by atoms with Crippen LogP contribution in [0.1, 0.15) is 34.8 Å². The number of halogens is 2. The minimum Gasteiger partial charge on any atom is -0.494 e. The number of nitrogens with zero attached hydrogens (tertiary/aromatic N) is 5. The Bertz CT molecular complexity index is 1810. The maximum Gasteiger partial charge on any atom is 0.266 e. The molecule has 0 unspecified atom stereocenters. The van der Waals surface area contributed by atoms with E-state index in [0.717, 1.165) is 11.3 Å². The number of hydrogen-bond donors (Lipinski definition) is 3. The van der Waals surface area contributed by atoms with Crippen LogP contribution >= 0.6 is 23.2 Å². The molecule has 248 valence electrons. The van der Waals surface area contributed by atoms with Crippen molar-refractivity contribution >= 4 is 46.4 Å². The molecule has 0 radical (unpaired) electrons. The fraction of sp³-hybridized carbons (Fsp3) is 0.257. The second-order valence-electron chi connectivity index (χ2n) is 11.3. The highest BCUT2D eigenvalue weighted by Gasteiger charge is 2.54. The van der Waals surface area contributed by atoms with Gasteiger partial charge in [-0.3, -0.25) is 10.2 Å². The second-order valence-corrected chi connectivity index (χ2v) is 12.2. The van der Waals surface area contributed by atoms with E-state index in [-0.39, 0.29) is 18.9 Å². The topological polar surface area (TPSA) is 144 Å². The number of nitrogens with one attached hydrogen (secondary N) is 2. The summed E-state index contributed by atoms with van der Waals surface area (Å²) in [5.74, 6) is 0.333. The van der Waals surface area contributed by atoms with Gasteiger partial charge in [-0.05, 0) is 65.2 Å². The zero-order chi connectivity index (χ0) is 34.1. The van der Waals surface area contributed by atoms with E-state index in [1.807, 2.05) is 43.3 Å². The number of hydrazine groups is 1. The maximum atomic E-state index is 14.5. The highest BCUT2D eigenvalue weighted by molar-refractivity contribution is 6.35. The van der Waals surface area contributed by atoms with Crippen molar-refractivity contribution in [3.8, 4) is 5.75 Å². The molecule has 0 bridgehead atoms. The standard InChI is InChI=1S/C35H35Cl2N7O4/c1-44(2)27-13-8-23(9-14-27)22-39-42-34(46)35(21-25-6-3-4-7-31(25)41-43-38)32(29-17-12-26(36)20-30(29)37)48-33(40-35)24-10-15-28(16-11-24)47-19-5-18-45/h3-4,6-17,20,32,39,45H,5,18-19,21-22H2,1-2H3,(H,42,46)/t32-,35-/m0/s1. The smallest absolute Gasteiger partial charge is 0.266 e. The van der Waals surface area contributed by atoms with Crippen molar-refractivity contribution in [2.24, 2.45) is 10.1 Å². The Labute approximate surface area is 288 Å². The molecule has 0 saturated carbocycles. The molecule has 3 N–H and O–H groups in total. The van der Waals surface area contributed by atoms with E-state index in [9.17, 15) is 10.3 Å². The third-order valence-electron chi connectivity index (χ3n) is 7.83. The molecule has 5 rings (SSSR count). The number of aliphatic imine (C=N–C) groups is 1. The number of hydrogen-bond acceptors (Lipinski definition) is 8. The second kappa shape index (κ2) is 15.9. The molecule has 1 aliphatic heterocycles. The van der Waals surface area contributed by atoms with Crippen LogP contribution in [0.3, 0.4) is 0 Å². The monoisotopic (exact) mass is 687 g/mol. The van der Waals surface area contributed by atoms with Crippen LogP contribution in [0.15, 0.2) is 101 Å². The van der Waals surface area contributed by atoms with Crippen molar-refractivity contribution < 1.29 is 19.4 Å². The van der Waals surface area contributed by atoms with E-state index >= 15 is 0 Å². The van der Waals surface area contributed by atoms with Crippen molar-refractivity contribution in [1.82, 2.24) is 10.9 Å². The lowest BCUT2D eigenvalue weighted by Crippen LogP contribution is -2.53. The molecule has 0 spiro atoms. The van der Waals surface area contributed by atoms with Crippen LogP contribution in [0.5, 0.6) is 5.75 Å². The van der Waals surface area contributed by atoms with E-state index in [4.69, 9.17) is 42.8 Å². The molecule has 0 saturated heterocycles. The quantitative estimate of drug-likeness (QED) is 0.0425. The Hall–Kier alpha value is -4.77. The third kappa shape index (κ3) is 8.02. The van der Waals surface area contributed by atoms with E-state index in [1.165, 1.54) is 0 Å². The average Bonchev–Trinajstić information content (AvgIpc) is 3.46. The summed E-state index contributed by atoms with van der Waals surface area (Å²) < 4.78 is 12.2. The van der Waals surface area contributed by atoms with E-state index in [0.29, 0.717) is 57.7 Å². The normalized spacial score (nSPS) is 16.8. The predicted molar refractivity (Wildman–Crippen MR) is 188 cm³/mol. The lowest BCUT2D eigenvalue weighted by molar-refractivity contribution is -0.130. The molecule has 11 nitrogen and oxygen atoms in total. The molecule has 1 amide bonds. The van der Waals surface area contributed by atoms with Gasteiger partial charge < -0.3 is 19.5 Å². The molecule has 0 aliphatic carbocycles. The van der Waals surface area contributed by atoms with Crippen LogP contribution in [0.25, 0.3) is 10.4 Å². The van der Waals surface area contributed by atoms with Gasteiger partial charge in [0.1, 0.15) is 5.75 Å². The summed E-state index contributed by atoms with van der Waals surface area (Å²) in [6, 6.07) is 27.0. The van der Waals surface area contributed by atoms with Crippen LogP contribution in [-0.4, -0.2) is 49.8 Å². The summed E-state index contributed by atoms with van der Waals surface area (Å²) in [6.45, 7) is 0.736. The first-order chi connectivity index (χ1) is 23.2. The Morgan fingerprint density at radius 3 is 2.52 bits per heavy atom. The molecular formula is C35H35Cl2N7O4. The average molecular weight is 689 g/mol. The molecule has 0 fully saturated rings. The zero-order valence-corrected chi connectivity index (χ0v) is 27.9. The summed E-state index contributed by atoms with van der Waals surface area (Å²) in [5, 5.41) is 13.7. The number of benzene rings is 4. The number of aliphatic hydroxyl groups is 1. The van der Waals surface area contributed by atoms with Crippen molar-refractivity contribution in [2.45, 2.75) is 31.0 Å². The summed E-state index contributed by atoms with van der Waals surface area (Å²) >= 11 is 13.0. The first kappa shape index (κ1) is 34.6. The number of carbonyl (C=O) groups excluding carboxylic acids is 1. The minimum atomic E-state index is -1.62. The summed E-state index contributed by atoms with van der Waals surface area (Å²) in [6.07, 6.45) is -0.494. The Morgan fingerprint density at radius 1 is 1.08 bits per heavy atom. The van der Waals surface area contributed by atoms with Gasteiger partial charge in [-0.2, -0.15) is 0 Å². The van der Waals surface area contributed by atoms with Gasteiger partial charge in [0.25, 0.3) is 5.91 Å². The predicted octanol–water partition coefficient (Wildman–Crippen LogP) is 7.08. The Kier molecular flexibility index (Phi) is 11.4. The zero-order valence-electron chi connectivity index (χ0n) is 26.4. The van der Waals surface area contributed by atoms with Gasteiger partial charge in [0.15, 0.2) is 11.6 Å². The SMILES string of the molecule is CN(C)c1ccc(CNNC(=O)[C@@]2(Cc3ccccc3N=[N+]=[N-])N=C(c3ccc(OCCCO)cc3)O[C@H]2c2ccc(Cl)cc2Cl)cc1. The van der Waals surface area contributed by atoms with Crippen molar-refractivity contribution in [3.63, 3.8) is 0 Å². The van der Waals surface area contributed by atoms with Gasteiger partial charge in [-0.25, -0.2) is 10.4 Å². The van der Waals surface area contributed by atoms with Crippen molar-refractivity contribution in [2.75, 3.05) is 32.2 Å².